The molecule has 0 saturated heterocycles. The lowest BCUT2D eigenvalue weighted by molar-refractivity contribution is 0.575. The van der Waals surface area contributed by atoms with E-state index in [-0.39, 0.29) is 0 Å². The van der Waals surface area contributed by atoms with Gasteiger partial charge in [0.15, 0.2) is 0 Å². The number of hydrogen-bond donors (Lipinski definition) is 1. The van der Waals surface area contributed by atoms with E-state index in [0.717, 1.165) is 16.7 Å². The third-order valence-electron chi connectivity index (χ3n) is 2.35. The number of thiophene rings is 1. The van der Waals surface area contributed by atoms with Crippen LogP contribution >= 0.6 is 27.3 Å². The Morgan fingerprint density at radius 2 is 2.31 bits per heavy atom. The second kappa shape index (κ2) is 5.57. The minimum absolute atomic E-state index is 0.380. The van der Waals surface area contributed by atoms with E-state index in [2.05, 4.69) is 50.7 Å². The van der Waals surface area contributed by atoms with Crippen LogP contribution in [0.4, 0.5) is 0 Å². The van der Waals surface area contributed by atoms with Gasteiger partial charge in [-0.25, -0.2) is 0 Å². The van der Waals surface area contributed by atoms with E-state index in [1.165, 1.54) is 4.88 Å². The Morgan fingerprint density at radius 3 is 2.94 bits per heavy atom. The van der Waals surface area contributed by atoms with Crippen molar-refractivity contribution in [3.05, 3.63) is 50.9 Å². The molecule has 2 heterocycles. The first-order valence-corrected chi connectivity index (χ1v) is 6.80. The van der Waals surface area contributed by atoms with Crippen molar-refractivity contribution >= 4 is 27.3 Å². The molecule has 4 heteroatoms. The second-order valence-electron chi connectivity index (χ2n) is 3.59. The van der Waals surface area contributed by atoms with Crippen LogP contribution in [0.25, 0.3) is 0 Å². The molecule has 0 aliphatic heterocycles. The van der Waals surface area contributed by atoms with E-state index in [4.69, 9.17) is 0 Å². The highest BCUT2D eigenvalue weighted by molar-refractivity contribution is 9.10. The fourth-order valence-electron chi connectivity index (χ4n) is 1.41. The highest BCUT2D eigenvalue weighted by Crippen LogP contribution is 2.18. The van der Waals surface area contributed by atoms with Crippen LogP contribution in [-0.4, -0.2) is 4.98 Å². The summed E-state index contributed by atoms with van der Waals surface area (Å²) in [6, 6.07) is 8.65. The maximum atomic E-state index is 4.33. The van der Waals surface area contributed by atoms with E-state index >= 15 is 0 Å². The van der Waals surface area contributed by atoms with Crippen molar-refractivity contribution in [1.82, 2.24) is 10.3 Å². The lowest BCUT2D eigenvalue weighted by atomic mass is 10.2. The van der Waals surface area contributed by atoms with Gasteiger partial charge < -0.3 is 5.32 Å². The van der Waals surface area contributed by atoms with E-state index in [9.17, 15) is 0 Å². The molecule has 0 bridgehead atoms. The summed E-state index contributed by atoms with van der Waals surface area (Å²) in [5, 5.41) is 5.56. The lowest BCUT2D eigenvalue weighted by Gasteiger charge is -2.11. The molecule has 2 nitrogen and oxygen atoms in total. The SMILES string of the molecule is C[C@H](NCc1ccc(Br)cn1)c1cccs1. The van der Waals surface area contributed by atoms with Gasteiger partial charge in [0.2, 0.25) is 0 Å². The van der Waals surface area contributed by atoms with Gasteiger partial charge in [-0.15, -0.1) is 11.3 Å². The number of nitrogens with one attached hydrogen (secondary N) is 1. The van der Waals surface area contributed by atoms with E-state index in [0.29, 0.717) is 6.04 Å². The number of nitrogens with zero attached hydrogens (tertiary/aromatic N) is 1. The molecule has 1 atom stereocenters. The highest BCUT2D eigenvalue weighted by atomic mass is 79.9. The van der Waals surface area contributed by atoms with Crippen LogP contribution in [0.2, 0.25) is 0 Å². The zero-order valence-electron chi connectivity index (χ0n) is 8.98. The Hall–Kier alpha value is -0.710. The van der Waals surface area contributed by atoms with Crippen molar-refractivity contribution in [3.63, 3.8) is 0 Å². The van der Waals surface area contributed by atoms with Gasteiger partial charge in [-0.2, -0.15) is 0 Å². The lowest BCUT2D eigenvalue weighted by Crippen LogP contribution is -2.17. The summed E-state index contributed by atoms with van der Waals surface area (Å²) in [5.41, 5.74) is 1.06. The van der Waals surface area contributed by atoms with Crippen molar-refractivity contribution in [1.29, 1.82) is 0 Å². The van der Waals surface area contributed by atoms with Crippen LogP contribution in [0, 0.1) is 0 Å². The number of halogens is 1. The molecule has 1 N–H and O–H groups in total. The van der Waals surface area contributed by atoms with Crippen molar-refractivity contribution < 1.29 is 0 Å². The zero-order valence-corrected chi connectivity index (χ0v) is 11.4. The molecular weight excluding hydrogens is 284 g/mol. The van der Waals surface area contributed by atoms with Gasteiger partial charge in [0.25, 0.3) is 0 Å². The Kier molecular flexibility index (Phi) is 4.09. The van der Waals surface area contributed by atoms with Gasteiger partial charge in [-0.05, 0) is 46.4 Å². The summed E-state index contributed by atoms with van der Waals surface area (Å²) < 4.78 is 1.02. The average molecular weight is 297 g/mol. The van der Waals surface area contributed by atoms with Crippen molar-refractivity contribution in [2.24, 2.45) is 0 Å². The molecule has 0 aliphatic rings. The first kappa shape index (κ1) is 11.8. The maximum Gasteiger partial charge on any atom is 0.0542 e. The molecule has 16 heavy (non-hydrogen) atoms. The first-order valence-electron chi connectivity index (χ1n) is 5.13. The Labute approximate surface area is 108 Å². The van der Waals surface area contributed by atoms with Crippen LogP contribution in [-0.2, 0) is 6.54 Å². The molecule has 0 aromatic carbocycles. The summed E-state index contributed by atoms with van der Waals surface area (Å²) in [6.45, 7) is 2.97. The molecule has 0 spiro atoms. The number of aromatic nitrogens is 1. The summed E-state index contributed by atoms with van der Waals surface area (Å²) in [7, 11) is 0. The molecule has 2 aromatic heterocycles. The summed E-state index contributed by atoms with van der Waals surface area (Å²) in [4.78, 5) is 5.68. The molecule has 0 radical (unpaired) electrons. The third-order valence-corrected chi connectivity index (χ3v) is 3.87. The fraction of sp³-hybridized carbons (Fsp3) is 0.250. The summed E-state index contributed by atoms with van der Waals surface area (Å²) in [5.74, 6) is 0. The monoisotopic (exact) mass is 296 g/mol. The van der Waals surface area contributed by atoms with Gasteiger partial charge in [0.1, 0.15) is 0 Å². The molecule has 2 aromatic rings. The topological polar surface area (TPSA) is 24.9 Å². The Morgan fingerprint density at radius 1 is 1.44 bits per heavy atom. The second-order valence-corrected chi connectivity index (χ2v) is 5.48. The molecule has 0 amide bonds. The van der Waals surface area contributed by atoms with Crippen molar-refractivity contribution in [2.75, 3.05) is 0 Å². The van der Waals surface area contributed by atoms with Gasteiger partial charge >= 0.3 is 0 Å². The van der Waals surface area contributed by atoms with Crippen molar-refractivity contribution in [3.8, 4) is 0 Å². The maximum absolute atomic E-state index is 4.33. The Bertz CT molecular complexity index is 425. The molecule has 0 saturated carbocycles. The van der Waals surface area contributed by atoms with Gasteiger partial charge in [0.05, 0.1) is 5.69 Å². The third kappa shape index (κ3) is 3.14. The number of rotatable bonds is 4. The van der Waals surface area contributed by atoms with Crippen LogP contribution in [0.5, 0.6) is 0 Å². The van der Waals surface area contributed by atoms with Crippen LogP contribution < -0.4 is 5.32 Å². The number of pyridine rings is 1. The largest absolute Gasteiger partial charge is 0.304 e. The van der Waals surface area contributed by atoms with E-state index in [1.54, 1.807) is 11.3 Å². The van der Waals surface area contributed by atoms with Gasteiger partial charge in [0, 0.05) is 28.1 Å². The van der Waals surface area contributed by atoms with Gasteiger partial charge in [-0.1, -0.05) is 6.07 Å². The molecular formula is C12H13BrN2S. The van der Waals surface area contributed by atoms with Crippen LogP contribution in [0.15, 0.2) is 40.3 Å². The predicted octanol–water partition coefficient (Wildman–Crippen LogP) is 3.76. The van der Waals surface area contributed by atoms with Crippen LogP contribution in [0.1, 0.15) is 23.5 Å². The predicted molar refractivity (Wildman–Crippen MR) is 71.5 cm³/mol. The minimum Gasteiger partial charge on any atom is -0.304 e. The normalized spacial score (nSPS) is 12.6. The molecule has 0 unspecified atom stereocenters. The average Bonchev–Trinajstić information content (AvgIpc) is 2.81. The van der Waals surface area contributed by atoms with E-state index in [1.807, 2.05) is 18.3 Å². The highest BCUT2D eigenvalue weighted by Gasteiger charge is 2.05. The smallest absolute Gasteiger partial charge is 0.0542 e. The van der Waals surface area contributed by atoms with Crippen LogP contribution in [0.3, 0.4) is 0 Å². The first-order chi connectivity index (χ1) is 7.75. The summed E-state index contributed by atoms with van der Waals surface area (Å²) >= 11 is 5.15. The minimum atomic E-state index is 0.380. The molecule has 84 valence electrons. The van der Waals surface area contributed by atoms with Crippen molar-refractivity contribution in [2.45, 2.75) is 19.5 Å². The van der Waals surface area contributed by atoms with Gasteiger partial charge in [-0.3, -0.25) is 4.98 Å². The number of hydrogen-bond acceptors (Lipinski definition) is 3. The molecule has 0 aliphatic carbocycles. The fourth-order valence-corrected chi connectivity index (χ4v) is 2.40. The van der Waals surface area contributed by atoms with E-state index < -0.39 is 0 Å². The Balaban J connectivity index is 1.90. The zero-order chi connectivity index (χ0) is 11.4. The molecule has 2 rings (SSSR count). The quantitative estimate of drug-likeness (QED) is 0.929. The standard InChI is InChI=1S/C12H13BrN2S/c1-9(12-3-2-6-16-12)14-8-11-5-4-10(13)7-15-11/h2-7,9,14H,8H2,1H3/t9-/m0/s1. The molecule has 0 fully saturated rings. The summed E-state index contributed by atoms with van der Waals surface area (Å²) in [6.07, 6.45) is 1.83.